The molecule has 0 unspecified atom stereocenters. The Bertz CT molecular complexity index is 1240. The van der Waals surface area contributed by atoms with Gasteiger partial charge in [0.2, 0.25) is 0 Å². The Balaban J connectivity index is 1.61. The van der Waals surface area contributed by atoms with E-state index in [1.54, 1.807) is 6.20 Å². The summed E-state index contributed by atoms with van der Waals surface area (Å²) in [7, 11) is 0. The van der Waals surface area contributed by atoms with Crippen molar-refractivity contribution in [2.45, 2.75) is 32.5 Å². The highest BCUT2D eigenvalue weighted by atomic mass is 32.1. The molecule has 5 rings (SSSR count). The van der Waals surface area contributed by atoms with E-state index in [1.165, 1.54) is 16.8 Å². The van der Waals surface area contributed by atoms with Gasteiger partial charge in [-0.25, -0.2) is 0 Å². The summed E-state index contributed by atoms with van der Waals surface area (Å²) in [6, 6.07) is 20.9. The molecule has 0 spiro atoms. The fraction of sp³-hybridized carbons (Fsp3) is 0.192. The van der Waals surface area contributed by atoms with Gasteiger partial charge < -0.3 is 14.8 Å². The van der Waals surface area contributed by atoms with Gasteiger partial charge in [-0.3, -0.25) is 9.97 Å². The van der Waals surface area contributed by atoms with Crippen LogP contribution in [0.3, 0.4) is 0 Å². The highest BCUT2D eigenvalue weighted by molar-refractivity contribution is 7.80. The second-order valence-electron chi connectivity index (χ2n) is 8.19. The fourth-order valence-corrected chi connectivity index (χ4v) is 4.64. The number of aryl methyl sites for hydroxylation is 2. The van der Waals surface area contributed by atoms with Crippen molar-refractivity contribution >= 4 is 17.3 Å². The van der Waals surface area contributed by atoms with Gasteiger partial charge in [0.1, 0.15) is 0 Å². The zero-order valence-corrected chi connectivity index (χ0v) is 19.0. The first-order valence-electron chi connectivity index (χ1n) is 10.7. The molecule has 4 aromatic rings. The summed E-state index contributed by atoms with van der Waals surface area (Å²) < 4.78 is 2.26. The number of thiocarbonyl (C=S) groups is 1. The lowest BCUT2D eigenvalue weighted by molar-refractivity contribution is 0.302. The Morgan fingerprint density at radius 3 is 2.62 bits per heavy atom. The van der Waals surface area contributed by atoms with E-state index in [4.69, 9.17) is 12.2 Å². The van der Waals surface area contributed by atoms with Gasteiger partial charge in [-0.2, -0.15) is 0 Å². The van der Waals surface area contributed by atoms with Crippen molar-refractivity contribution in [1.82, 2.24) is 24.8 Å². The first-order chi connectivity index (χ1) is 15.6. The molecule has 0 amide bonds. The lowest BCUT2D eigenvalue weighted by Gasteiger charge is -2.29. The van der Waals surface area contributed by atoms with Gasteiger partial charge in [0.15, 0.2) is 5.11 Å². The van der Waals surface area contributed by atoms with Gasteiger partial charge in [-0.15, -0.1) is 0 Å². The van der Waals surface area contributed by atoms with E-state index < -0.39 is 0 Å². The molecule has 1 aliphatic heterocycles. The summed E-state index contributed by atoms with van der Waals surface area (Å²) >= 11 is 5.82. The Hall–Kier alpha value is -3.51. The topological polar surface area (TPSA) is 46.0 Å². The van der Waals surface area contributed by atoms with Crippen molar-refractivity contribution in [2.75, 3.05) is 0 Å². The van der Waals surface area contributed by atoms with Crippen LogP contribution in [-0.2, 0) is 6.54 Å². The molecule has 0 aliphatic carbocycles. The van der Waals surface area contributed by atoms with Crippen LogP contribution in [0.5, 0.6) is 0 Å². The van der Waals surface area contributed by atoms with E-state index >= 15 is 0 Å². The summed E-state index contributed by atoms with van der Waals surface area (Å²) in [5, 5.41) is 4.26. The number of aromatic nitrogens is 3. The standard InChI is InChI=1S/C26H25N5S/c1-18-10-11-21(15-19(18)2)30-14-6-9-23(30)25-24(22-8-3-4-13-28-22)29-26(32)31(25)17-20-7-5-12-27-16-20/h3-16,24-25H,17H2,1-2H3,(H,29,32)/t24-,25-/m0/s1. The van der Waals surface area contributed by atoms with Gasteiger partial charge in [0.25, 0.3) is 0 Å². The predicted octanol–water partition coefficient (Wildman–Crippen LogP) is 5.06. The van der Waals surface area contributed by atoms with Crippen molar-refractivity contribution in [3.63, 3.8) is 0 Å². The van der Waals surface area contributed by atoms with Gasteiger partial charge in [-0.05, 0) is 85.2 Å². The molecule has 1 N–H and O–H groups in total. The van der Waals surface area contributed by atoms with Crippen LogP contribution in [0.25, 0.3) is 5.69 Å². The summed E-state index contributed by atoms with van der Waals surface area (Å²) in [5.41, 5.74) is 6.97. The molecule has 0 saturated carbocycles. The summed E-state index contributed by atoms with van der Waals surface area (Å²) in [6.45, 7) is 4.97. The van der Waals surface area contributed by atoms with Crippen LogP contribution in [0.2, 0.25) is 0 Å². The number of rotatable bonds is 5. The predicted molar refractivity (Wildman–Crippen MR) is 130 cm³/mol. The first-order valence-corrected chi connectivity index (χ1v) is 11.1. The second kappa shape index (κ2) is 8.55. The molecule has 1 aromatic carbocycles. The summed E-state index contributed by atoms with van der Waals surface area (Å²) in [6.07, 6.45) is 7.65. The largest absolute Gasteiger partial charge is 0.352 e. The number of hydrogen-bond donors (Lipinski definition) is 1. The molecule has 160 valence electrons. The van der Waals surface area contributed by atoms with E-state index in [9.17, 15) is 0 Å². The van der Waals surface area contributed by atoms with Crippen LogP contribution in [0, 0.1) is 13.8 Å². The molecule has 5 nitrogen and oxygen atoms in total. The second-order valence-corrected chi connectivity index (χ2v) is 8.57. The third-order valence-electron chi connectivity index (χ3n) is 6.13. The Labute approximate surface area is 193 Å². The molecule has 0 bridgehead atoms. The van der Waals surface area contributed by atoms with Crippen LogP contribution < -0.4 is 5.32 Å². The van der Waals surface area contributed by atoms with Crippen LogP contribution >= 0.6 is 12.2 Å². The zero-order chi connectivity index (χ0) is 22.1. The minimum Gasteiger partial charge on any atom is -0.352 e. The maximum atomic E-state index is 5.82. The zero-order valence-electron chi connectivity index (χ0n) is 18.1. The Kier molecular flexibility index (Phi) is 5.45. The molecule has 3 aromatic heterocycles. The smallest absolute Gasteiger partial charge is 0.170 e. The summed E-state index contributed by atoms with van der Waals surface area (Å²) in [4.78, 5) is 11.2. The minimum atomic E-state index is -0.0550. The van der Waals surface area contributed by atoms with Crippen molar-refractivity contribution in [1.29, 1.82) is 0 Å². The van der Waals surface area contributed by atoms with Crippen LogP contribution in [0.1, 0.15) is 40.2 Å². The lowest BCUT2D eigenvalue weighted by atomic mass is 10.0. The van der Waals surface area contributed by atoms with Crippen molar-refractivity contribution in [3.05, 3.63) is 114 Å². The van der Waals surface area contributed by atoms with E-state index in [0.717, 1.165) is 22.1 Å². The van der Waals surface area contributed by atoms with Gasteiger partial charge in [0.05, 0.1) is 17.8 Å². The maximum absolute atomic E-state index is 5.82. The van der Waals surface area contributed by atoms with Gasteiger partial charge >= 0.3 is 0 Å². The third-order valence-corrected chi connectivity index (χ3v) is 6.48. The van der Waals surface area contributed by atoms with Gasteiger partial charge in [0, 0.05) is 42.7 Å². The highest BCUT2D eigenvalue weighted by Crippen LogP contribution is 2.40. The van der Waals surface area contributed by atoms with Crippen LogP contribution in [-0.4, -0.2) is 24.5 Å². The molecule has 2 atom stereocenters. The molecule has 1 saturated heterocycles. The monoisotopic (exact) mass is 439 g/mol. The quantitative estimate of drug-likeness (QED) is 0.441. The average Bonchev–Trinajstić information content (AvgIpc) is 3.42. The first kappa shape index (κ1) is 20.4. The molecule has 6 heteroatoms. The van der Waals surface area contributed by atoms with Crippen molar-refractivity contribution in [3.8, 4) is 5.69 Å². The molecule has 1 fully saturated rings. The minimum absolute atomic E-state index is 0.0192. The number of nitrogens with zero attached hydrogens (tertiary/aromatic N) is 4. The fourth-order valence-electron chi connectivity index (χ4n) is 4.33. The molecule has 0 radical (unpaired) electrons. The van der Waals surface area contributed by atoms with E-state index in [2.05, 4.69) is 87.3 Å². The Morgan fingerprint density at radius 1 is 0.969 bits per heavy atom. The summed E-state index contributed by atoms with van der Waals surface area (Å²) in [5.74, 6) is 0. The van der Waals surface area contributed by atoms with E-state index in [1.807, 2.05) is 30.6 Å². The third kappa shape index (κ3) is 3.78. The van der Waals surface area contributed by atoms with Crippen LogP contribution in [0.4, 0.5) is 0 Å². The van der Waals surface area contributed by atoms with E-state index in [0.29, 0.717) is 6.54 Å². The molecule has 4 heterocycles. The molecular formula is C26H25N5S. The number of benzene rings is 1. The average molecular weight is 440 g/mol. The highest BCUT2D eigenvalue weighted by Gasteiger charge is 2.41. The Morgan fingerprint density at radius 2 is 1.88 bits per heavy atom. The van der Waals surface area contributed by atoms with Crippen molar-refractivity contribution in [2.24, 2.45) is 0 Å². The number of hydrogen-bond acceptors (Lipinski definition) is 3. The molecule has 1 aliphatic rings. The van der Waals surface area contributed by atoms with Crippen molar-refractivity contribution < 1.29 is 0 Å². The maximum Gasteiger partial charge on any atom is 0.170 e. The van der Waals surface area contributed by atoms with Gasteiger partial charge in [-0.1, -0.05) is 18.2 Å². The SMILES string of the molecule is Cc1ccc(-n2cccc2[C@H]2[C@H](c3ccccn3)NC(=S)N2Cc2cccnc2)cc1C. The number of pyridine rings is 2. The normalized spacial score (nSPS) is 18.1. The number of nitrogens with one attached hydrogen (secondary N) is 1. The van der Waals surface area contributed by atoms with Crippen LogP contribution in [0.15, 0.2) is 85.5 Å². The van der Waals surface area contributed by atoms with E-state index in [-0.39, 0.29) is 12.1 Å². The lowest BCUT2D eigenvalue weighted by Crippen LogP contribution is -2.30. The molecular weight excluding hydrogens is 414 g/mol. The molecule has 32 heavy (non-hydrogen) atoms.